The summed E-state index contributed by atoms with van der Waals surface area (Å²) in [4.78, 5) is 23.4. The average Bonchev–Trinajstić information content (AvgIpc) is 2.69. The van der Waals surface area contributed by atoms with Crippen molar-refractivity contribution in [2.75, 3.05) is 11.9 Å². The molecule has 0 saturated carbocycles. The van der Waals surface area contributed by atoms with Crippen LogP contribution in [0, 0.1) is 0 Å². The van der Waals surface area contributed by atoms with E-state index in [0.717, 1.165) is 19.1 Å². The number of aldehydes is 1. The van der Waals surface area contributed by atoms with Crippen LogP contribution in [0.5, 0.6) is 11.5 Å². The zero-order chi connectivity index (χ0) is 19.8. The molecule has 0 spiro atoms. The lowest BCUT2D eigenvalue weighted by molar-refractivity contribution is 0.102. The second-order valence-electron chi connectivity index (χ2n) is 5.97. The molecule has 0 radical (unpaired) electrons. The van der Waals surface area contributed by atoms with E-state index < -0.39 is 0 Å². The molecule has 6 heteroatoms. The van der Waals surface area contributed by atoms with Gasteiger partial charge < -0.3 is 14.8 Å². The molecule has 144 valence electrons. The number of ether oxygens (including phenoxy) is 2. The van der Waals surface area contributed by atoms with E-state index in [1.54, 1.807) is 36.4 Å². The SMILES string of the molecule is CCOc1cc(C(=O)Nc2ccc(C=O)cc2)cc(OC(CC)CC)c1Cl. The monoisotopic (exact) mass is 389 g/mol. The van der Waals surface area contributed by atoms with Crippen LogP contribution in [0.2, 0.25) is 5.02 Å². The summed E-state index contributed by atoms with van der Waals surface area (Å²) >= 11 is 6.40. The van der Waals surface area contributed by atoms with Crippen LogP contribution < -0.4 is 14.8 Å². The molecular formula is C21H24ClNO4. The van der Waals surface area contributed by atoms with Gasteiger partial charge in [-0.2, -0.15) is 0 Å². The molecule has 2 aromatic carbocycles. The number of anilines is 1. The number of hydrogen-bond donors (Lipinski definition) is 1. The largest absolute Gasteiger partial charge is 0.492 e. The minimum Gasteiger partial charge on any atom is -0.492 e. The molecule has 5 nitrogen and oxygen atoms in total. The van der Waals surface area contributed by atoms with Gasteiger partial charge in [0.2, 0.25) is 0 Å². The van der Waals surface area contributed by atoms with Crippen LogP contribution in [-0.4, -0.2) is 24.9 Å². The van der Waals surface area contributed by atoms with E-state index in [2.05, 4.69) is 5.32 Å². The number of rotatable bonds is 9. The molecule has 0 aliphatic rings. The second-order valence-corrected chi connectivity index (χ2v) is 6.35. The molecule has 2 aromatic rings. The van der Waals surface area contributed by atoms with Gasteiger partial charge in [0.15, 0.2) is 0 Å². The molecule has 0 aliphatic heterocycles. The summed E-state index contributed by atoms with van der Waals surface area (Å²) in [5, 5.41) is 3.15. The van der Waals surface area contributed by atoms with Crippen molar-refractivity contribution in [1.29, 1.82) is 0 Å². The molecule has 2 rings (SSSR count). The first-order valence-corrected chi connectivity index (χ1v) is 9.39. The maximum atomic E-state index is 12.7. The summed E-state index contributed by atoms with van der Waals surface area (Å²) in [5.41, 5.74) is 1.50. The van der Waals surface area contributed by atoms with E-state index in [0.29, 0.717) is 39.9 Å². The highest BCUT2D eigenvalue weighted by molar-refractivity contribution is 6.33. The molecule has 0 unspecified atom stereocenters. The van der Waals surface area contributed by atoms with E-state index in [-0.39, 0.29) is 12.0 Å². The first-order valence-electron chi connectivity index (χ1n) is 9.01. The molecule has 0 fully saturated rings. The van der Waals surface area contributed by atoms with E-state index >= 15 is 0 Å². The summed E-state index contributed by atoms with van der Waals surface area (Å²) < 4.78 is 11.5. The van der Waals surface area contributed by atoms with Crippen LogP contribution in [0.3, 0.4) is 0 Å². The van der Waals surface area contributed by atoms with Crippen molar-refractivity contribution >= 4 is 29.5 Å². The van der Waals surface area contributed by atoms with E-state index in [1.165, 1.54) is 0 Å². The van der Waals surface area contributed by atoms with Gasteiger partial charge in [0, 0.05) is 16.8 Å². The van der Waals surface area contributed by atoms with Crippen molar-refractivity contribution in [1.82, 2.24) is 0 Å². The summed E-state index contributed by atoms with van der Waals surface area (Å²) in [6.45, 7) is 6.33. The van der Waals surface area contributed by atoms with Gasteiger partial charge in [0.1, 0.15) is 22.8 Å². The van der Waals surface area contributed by atoms with Gasteiger partial charge >= 0.3 is 0 Å². The molecule has 0 aromatic heterocycles. The number of carbonyl (C=O) groups excluding carboxylic acids is 2. The Kier molecular flexibility index (Phi) is 7.67. The first-order chi connectivity index (χ1) is 13.0. The highest BCUT2D eigenvalue weighted by atomic mass is 35.5. The van der Waals surface area contributed by atoms with Gasteiger partial charge in [0.25, 0.3) is 5.91 Å². The van der Waals surface area contributed by atoms with E-state index in [1.807, 2.05) is 20.8 Å². The third-order valence-corrected chi connectivity index (χ3v) is 4.45. The van der Waals surface area contributed by atoms with Crippen molar-refractivity contribution in [2.45, 2.75) is 39.7 Å². The highest BCUT2D eigenvalue weighted by Gasteiger charge is 2.18. The van der Waals surface area contributed by atoms with E-state index in [4.69, 9.17) is 21.1 Å². The van der Waals surface area contributed by atoms with Crippen LogP contribution in [0.1, 0.15) is 54.3 Å². The van der Waals surface area contributed by atoms with Crippen LogP contribution in [0.4, 0.5) is 5.69 Å². The lowest BCUT2D eigenvalue weighted by Gasteiger charge is -2.19. The molecule has 27 heavy (non-hydrogen) atoms. The Morgan fingerprint density at radius 3 is 2.30 bits per heavy atom. The number of hydrogen-bond acceptors (Lipinski definition) is 4. The third-order valence-electron chi connectivity index (χ3n) is 4.08. The Labute approximate surface area is 164 Å². The van der Waals surface area contributed by atoms with Crippen molar-refractivity contribution in [2.24, 2.45) is 0 Å². The smallest absolute Gasteiger partial charge is 0.255 e. The van der Waals surface area contributed by atoms with Gasteiger partial charge in [-0.1, -0.05) is 25.4 Å². The fraction of sp³-hybridized carbons (Fsp3) is 0.333. The van der Waals surface area contributed by atoms with Gasteiger partial charge in [0.05, 0.1) is 12.7 Å². The van der Waals surface area contributed by atoms with Gasteiger partial charge in [-0.3, -0.25) is 9.59 Å². The second kappa shape index (κ2) is 9.97. The van der Waals surface area contributed by atoms with Crippen LogP contribution in [0.15, 0.2) is 36.4 Å². The van der Waals surface area contributed by atoms with E-state index in [9.17, 15) is 9.59 Å². The van der Waals surface area contributed by atoms with Gasteiger partial charge in [-0.25, -0.2) is 0 Å². The van der Waals surface area contributed by atoms with Crippen molar-refractivity contribution in [3.05, 3.63) is 52.5 Å². The molecule has 0 atom stereocenters. The molecule has 0 aliphatic carbocycles. The lowest BCUT2D eigenvalue weighted by atomic mass is 10.1. The Bertz CT molecular complexity index is 786. The van der Waals surface area contributed by atoms with Crippen LogP contribution in [0.25, 0.3) is 0 Å². The predicted molar refractivity (Wildman–Crippen MR) is 107 cm³/mol. The maximum Gasteiger partial charge on any atom is 0.255 e. The van der Waals surface area contributed by atoms with Crippen molar-refractivity contribution < 1.29 is 19.1 Å². The third kappa shape index (κ3) is 5.47. The number of nitrogens with one attached hydrogen (secondary N) is 1. The molecular weight excluding hydrogens is 366 g/mol. The molecule has 1 N–H and O–H groups in total. The van der Waals surface area contributed by atoms with Crippen LogP contribution >= 0.6 is 11.6 Å². The summed E-state index contributed by atoms with van der Waals surface area (Å²) in [6.07, 6.45) is 2.42. The Morgan fingerprint density at radius 1 is 1.11 bits per heavy atom. The minimum atomic E-state index is -0.319. The Morgan fingerprint density at radius 2 is 1.74 bits per heavy atom. The first kappa shape index (κ1) is 20.8. The Hall–Kier alpha value is -2.53. The number of amides is 1. The van der Waals surface area contributed by atoms with Gasteiger partial charge in [-0.15, -0.1) is 0 Å². The molecule has 1 amide bonds. The topological polar surface area (TPSA) is 64.6 Å². The lowest BCUT2D eigenvalue weighted by Crippen LogP contribution is -2.16. The number of carbonyl (C=O) groups is 2. The fourth-order valence-corrected chi connectivity index (χ4v) is 2.74. The summed E-state index contributed by atoms with van der Waals surface area (Å²) in [6, 6.07) is 9.83. The normalized spacial score (nSPS) is 10.6. The average molecular weight is 390 g/mol. The zero-order valence-corrected chi connectivity index (χ0v) is 16.5. The molecule has 0 bridgehead atoms. The maximum absolute atomic E-state index is 12.7. The Balaban J connectivity index is 2.31. The zero-order valence-electron chi connectivity index (χ0n) is 15.8. The summed E-state index contributed by atoms with van der Waals surface area (Å²) in [7, 11) is 0. The fourth-order valence-electron chi connectivity index (χ4n) is 2.53. The molecule has 0 saturated heterocycles. The quantitative estimate of drug-likeness (QED) is 0.585. The summed E-state index contributed by atoms with van der Waals surface area (Å²) in [5.74, 6) is 0.516. The standard InChI is InChI=1S/C21H24ClNO4/c1-4-17(5-2)27-19-12-15(11-18(20(19)22)26-6-3)21(25)23-16-9-7-14(13-24)8-10-16/h7-13,17H,4-6H2,1-3H3,(H,23,25). The molecule has 0 heterocycles. The number of benzene rings is 2. The van der Waals surface area contributed by atoms with Crippen LogP contribution in [-0.2, 0) is 0 Å². The van der Waals surface area contributed by atoms with Crippen molar-refractivity contribution in [3.8, 4) is 11.5 Å². The van der Waals surface area contributed by atoms with Crippen molar-refractivity contribution in [3.63, 3.8) is 0 Å². The predicted octanol–water partition coefficient (Wildman–Crippen LogP) is 5.37. The minimum absolute atomic E-state index is 0.00572. The van der Waals surface area contributed by atoms with Gasteiger partial charge in [-0.05, 0) is 56.2 Å². The highest BCUT2D eigenvalue weighted by Crippen LogP contribution is 2.37. The number of halogens is 1.